The monoisotopic (exact) mass is 221 g/mol. The third-order valence-corrected chi connectivity index (χ3v) is 3.49. The molecule has 1 aromatic rings. The van der Waals surface area contributed by atoms with Crippen molar-refractivity contribution in [2.45, 2.75) is 40.2 Å². The van der Waals surface area contributed by atoms with Crippen LogP contribution in [0.15, 0.2) is 18.2 Å². The maximum atomic E-state index is 10.2. The topological polar surface area (TPSA) is 32.3 Å². The van der Waals surface area contributed by atoms with Gasteiger partial charge in [-0.2, -0.15) is 0 Å². The number of rotatable bonds is 4. The lowest BCUT2D eigenvalue weighted by Gasteiger charge is -2.28. The van der Waals surface area contributed by atoms with Gasteiger partial charge in [-0.3, -0.25) is 0 Å². The maximum absolute atomic E-state index is 10.2. The highest BCUT2D eigenvalue weighted by Crippen LogP contribution is 2.21. The van der Waals surface area contributed by atoms with E-state index in [9.17, 15) is 5.11 Å². The minimum Gasteiger partial charge on any atom is -0.388 e. The molecule has 0 saturated carbocycles. The molecule has 2 N–H and O–H groups in total. The van der Waals surface area contributed by atoms with Crippen molar-refractivity contribution in [3.8, 4) is 0 Å². The van der Waals surface area contributed by atoms with Crippen molar-refractivity contribution >= 4 is 5.69 Å². The van der Waals surface area contributed by atoms with E-state index >= 15 is 0 Å². The van der Waals surface area contributed by atoms with Crippen LogP contribution in [0.5, 0.6) is 0 Å². The van der Waals surface area contributed by atoms with E-state index < -0.39 is 5.60 Å². The molecule has 0 amide bonds. The Morgan fingerprint density at radius 2 is 1.94 bits per heavy atom. The normalized spacial score (nSPS) is 14.9. The summed E-state index contributed by atoms with van der Waals surface area (Å²) in [7, 11) is 0. The van der Waals surface area contributed by atoms with Crippen molar-refractivity contribution in [1.29, 1.82) is 0 Å². The molecule has 0 aromatic heterocycles. The summed E-state index contributed by atoms with van der Waals surface area (Å²) in [5, 5.41) is 13.5. The van der Waals surface area contributed by atoms with Crippen LogP contribution in [0.1, 0.15) is 31.9 Å². The highest BCUT2D eigenvalue weighted by atomic mass is 16.3. The van der Waals surface area contributed by atoms with Gasteiger partial charge in [0.05, 0.1) is 5.60 Å². The molecule has 0 aliphatic carbocycles. The van der Waals surface area contributed by atoms with Crippen LogP contribution in [-0.4, -0.2) is 17.3 Å². The van der Waals surface area contributed by atoms with Gasteiger partial charge < -0.3 is 10.4 Å². The molecule has 0 fully saturated rings. The van der Waals surface area contributed by atoms with E-state index in [4.69, 9.17) is 0 Å². The number of nitrogens with one attached hydrogen (secondary N) is 1. The molecule has 0 aliphatic rings. The quantitative estimate of drug-likeness (QED) is 0.818. The van der Waals surface area contributed by atoms with Gasteiger partial charge in [-0.1, -0.05) is 26.0 Å². The Kier molecular flexibility index (Phi) is 3.98. The first-order valence-electron chi connectivity index (χ1n) is 5.87. The van der Waals surface area contributed by atoms with Gasteiger partial charge in [-0.05, 0) is 43.9 Å². The van der Waals surface area contributed by atoms with Crippen LogP contribution in [0.2, 0.25) is 0 Å². The van der Waals surface area contributed by atoms with Crippen molar-refractivity contribution in [3.05, 3.63) is 29.3 Å². The molecule has 1 atom stereocenters. The predicted molar refractivity (Wildman–Crippen MR) is 69.9 cm³/mol. The molecule has 1 rings (SSSR count). The SMILES string of the molecule is Cc1cccc(NCC(C)(O)C(C)C)c1C. The van der Waals surface area contributed by atoms with Gasteiger partial charge in [0.1, 0.15) is 0 Å². The van der Waals surface area contributed by atoms with E-state index in [0.717, 1.165) is 5.69 Å². The zero-order valence-electron chi connectivity index (χ0n) is 11.0. The Balaban J connectivity index is 2.72. The number of benzene rings is 1. The summed E-state index contributed by atoms with van der Waals surface area (Å²) in [6.07, 6.45) is 0. The Morgan fingerprint density at radius 1 is 1.31 bits per heavy atom. The molecule has 0 radical (unpaired) electrons. The summed E-state index contributed by atoms with van der Waals surface area (Å²) in [6.45, 7) is 10.7. The zero-order valence-corrected chi connectivity index (χ0v) is 11.0. The molecule has 2 heteroatoms. The third-order valence-electron chi connectivity index (χ3n) is 3.49. The number of aliphatic hydroxyl groups is 1. The molecular formula is C14H23NO. The second-order valence-corrected chi connectivity index (χ2v) is 5.11. The third kappa shape index (κ3) is 2.99. The Hall–Kier alpha value is -1.02. The van der Waals surface area contributed by atoms with Crippen molar-refractivity contribution in [3.63, 3.8) is 0 Å². The molecular weight excluding hydrogens is 198 g/mol. The Bertz CT molecular complexity index is 356. The van der Waals surface area contributed by atoms with Gasteiger partial charge in [0.2, 0.25) is 0 Å². The predicted octanol–water partition coefficient (Wildman–Crippen LogP) is 3.12. The maximum Gasteiger partial charge on any atom is 0.0813 e. The molecule has 1 aromatic carbocycles. The molecule has 0 spiro atoms. The van der Waals surface area contributed by atoms with E-state index in [1.54, 1.807) is 0 Å². The van der Waals surface area contributed by atoms with Gasteiger partial charge >= 0.3 is 0 Å². The lowest BCUT2D eigenvalue weighted by Crippen LogP contribution is -2.38. The average molecular weight is 221 g/mol. The summed E-state index contributed by atoms with van der Waals surface area (Å²) in [6, 6.07) is 6.19. The molecule has 0 saturated heterocycles. The summed E-state index contributed by atoms with van der Waals surface area (Å²) in [5.74, 6) is 0.241. The number of anilines is 1. The lowest BCUT2D eigenvalue weighted by atomic mass is 9.92. The molecule has 0 heterocycles. The van der Waals surface area contributed by atoms with Crippen molar-refractivity contribution < 1.29 is 5.11 Å². The Labute approximate surface area is 98.7 Å². The van der Waals surface area contributed by atoms with Crippen LogP contribution >= 0.6 is 0 Å². The first-order chi connectivity index (χ1) is 7.34. The van der Waals surface area contributed by atoms with Crippen LogP contribution in [0.4, 0.5) is 5.69 Å². The first-order valence-corrected chi connectivity index (χ1v) is 5.87. The Morgan fingerprint density at radius 3 is 2.50 bits per heavy atom. The summed E-state index contributed by atoms with van der Waals surface area (Å²) >= 11 is 0. The van der Waals surface area contributed by atoms with Crippen LogP contribution in [-0.2, 0) is 0 Å². The highest BCUT2D eigenvalue weighted by Gasteiger charge is 2.24. The summed E-state index contributed by atoms with van der Waals surface area (Å²) in [5.41, 5.74) is 2.97. The van der Waals surface area contributed by atoms with E-state index in [0.29, 0.717) is 6.54 Å². The average Bonchev–Trinajstić information content (AvgIpc) is 2.20. The van der Waals surface area contributed by atoms with Crippen LogP contribution in [0.25, 0.3) is 0 Å². The highest BCUT2D eigenvalue weighted by molar-refractivity contribution is 5.53. The second kappa shape index (κ2) is 4.88. The van der Waals surface area contributed by atoms with Crippen molar-refractivity contribution in [2.24, 2.45) is 5.92 Å². The van der Waals surface area contributed by atoms with Crippen molar-refractivity contribution in [1.82, 2.24) is 0 Å². The fourth-order valence-corrected chi connectivity index (χ4v) is 1.42. The van der Waals surface area contributed by atoms with Crippen LogP contribution < -0.4 is 5.32 Å². The second-order valence-electron chi connectivity index (χ2n) is 5.11. The number of hydrogen-bond acceptors (Lipinski definition) is 2. The van der Waals surface area contributed by atoms with Gasteiger partial charge in [0.25, 0.3) is 0 Å². The van der Waals surface area contributed by atoms with Crippen LogP contribution in [0, 0.1) is 19.8 Å². The molecule has 1 unspecified atom stereocenters. The van der Waals surface area contributed by atoms with E-state index in [1.807, 2.05) is 26.8 Å². The van der Waals surface area contributed by atoms with E-state index in [1.165, 1.54) is 11.1 Å². The fraction of sp³-hybridized carbons (Fsp3) is 0.571. The number of aryl methyl sites for hydroxylation is 1. The van der Waals surface area contributed by atoms with E-state index in [2.05, 4.69) is 31.3 Å². The zero-order chi connectivity index (χ0) is 12.3. The minimum atomic E-state index is -0.670. The smallest absolute Gasteiger partial charge is 0.0813 e. The molecule has 0 bridgehead atoms. The van der Waals surface area contributed by atoms with Crippen LogP contribution in [0.3, 0.4) is 0 Å². The van der Waals surface area contributed by atoms with Crippen molar-refractivity contribution in [2.75, 3.05) is 11.9 Å². The minimum absolute atomic E-state index is 0.241. The van der Waals surface area contributed by atoms with Gasteiger partial charge in [-0.15, -0.1) is 0 Å². The fourth-order valence-electron chi connectivity index (χ4n) is 1.42. The lowest BCUT2D eigenvalue weighted by molar-refractivity contribution is 0.0266. The largest absolute Gasteiger partial charge is 0.388 e. The van der Waals surface area contributed by atoms with E-state index in [-0.39, 0.29) is 5.92 Å². The molecule has 16 heavy (non-hydrogen) atoms. The first kappa shape index (κ1) is 13.0. The van der Waals surface area contributed by atoms with Gasteiger partial charge in [0.15, 0.2) is 0 Å². The molecule has 90 valence electrons. The summed E-state index contributed by atoms with van der Waals surface area (Å²) < 4.78 is 0. The molecule has 2 nitrogen and oxygen atoms in total. The number of hydrogen-bond donors (Lipinski definition) is 2. The summed E-state index contributed by atoms with van der Waals surface area (Å²) in [4.78, 5) is 0. The standard InChI is InChI=1S/C14H23NO/c1-10(2)14(5,16)9-15-13-8-6-7-11(3)12(13)4/h6-8,10,15-16H,9H2,1-5H3. The molecule has 0 aliphatic heterocycles. The van der Waals surface area contributed by atoms with Gasteiger partial charge in [0, 0.05) is 12.2 Å². The van der Waals surface area contributed by atoms with Gasteiger partial charge in [-0.25, -0.2) is 0 Å².